The van der Waals surface area contributed by atoms with E-state index in [4.69, 9.17) is 14.2 Å². The zero-order chi connectivity index (χ0) is 27.7. The van der Waals surface area contributed by atoms with Gasteiger partial charge in [-0.15, -0.1) is 0 Å². The van der Waals surface area contributed by atoms with Crippen molar-refractivity contribution in [1.29, 1.82) is 0 Å². The fourth-order valence-corrected chi connectivity index (χ4v) is 8.26. The minimum absolute atomic E-state index is 0.0305. The van der Waals surface area contributed by atoms with Crippen LogP contribution in [0, 0.1) is 28.6 Å². The second-order valence-corrected chi connectivity index (χ2v) is 12.3. The van der Waals surface area contributed by atoms with Gasteiger partial charge < -0.3 is 14.2 Å². The normalized spacial score (nSPS) is 32.5. The third-order valence-corrected chi connectivity index (χ3v) is 10.3. The lowest BCUT2D eigenvalue weighted by Gasteiger charge is -2.57. The van der Waals surface area contributed by atoms with Crippen molar-refractivity contribution >= 4 is 17.7 Å². The zero-order valence-electron chi connectivity index (χ0n) is 23.4. The number of pyridine rings is 2. The van der Waals surface area contributed by atoms with E-state index in [-0.39, 0.29) is 30.1 Å². The first-order chi connectivity index (χ1) is 19.4. The summed E-state index contributed by atoms with van der Waals surface area (Å²) in [4.78, 5) is 32.7. The number of carbonyl (C=O) groups is 2. The molecule has 210 valence electrons. The van der Waals surface area contributed by atoms with E-state index in [0.29, 0.717) is 23.3 Å². The van der Waals surface area contributed by atoms with Crippen LogP contribution < -0.4 is 0 Å². The van der Waals surface area contributed by atoms with Crippen molar-refractivity contribution < 1.29 is 23.8 Å². The lowest BCUT2D eigenvalue weighted by atomic mass is 9.47. The van der Waals surface area contributed by atoms with Gasteiger partial charge in [0, 0.05) is 31.2 Å². The highest BCUT2D eigenvalue weighted by Gasteiger charge is 2.57. The molecule has 7 heteroatoms. The van der Waals surface area contributed by atoms with Crippen LogP contribution in [0.1, 0.15) is 74.7 Å². The van der Waals surface area contributed by atoms with Crippen LogP contribution in [0.4, 0.5) is 4.79 Å². The third-order valence-electron chi connectivity index (χ3n) is 10.3. The highest BCUT2D eigenvalue weighted by atomic mass is 16.7. The number of allylic oxidation sites excluding steroid dienone is 3. The standard InChI is InChI=1S/C33H38N2O5/c1-32-13-11-25(40-31(37)39-18-17-38-30(36)23-6-4-16-35-21-23)19-24(32)7-8-26-28-10-9-27(22-5-3-15-34-20-22)33(28,2)14-12-29(26)32/h3-7,9,15-16,20-21,25-26,28-29H,8,10-14,17-19H2,1-2H3/t25-,26-,28-,29-,32-,33+/m0/s1. The van der Waals surface area contributed by atoms with Crippen LogP contribution in [-0.4, -0.2) is 41.4 Å². The molecule has 4 aliphatic carbocycles. The van der Waals surface area contributed by atoms with Crippen LogP contribution >= 0.6 is 0 Å². The number of hydrogen-bond donors (Lipinski definition) is 0. The van der Waals surface area contributed by atoms with Gasteiger partial charge in [0.1, 0.15) is 19.3 Å². The molecule has 0 unspecified atom stereocenters. The Labute approximate surface area is 236 Å². The van der Waals surface area contributed by atoms with Crippen molar-refractivity contribution in [2.75, 3.05) is 13.2 Å². The highest BCUT2D eigenvalue weighted by molar-refractivity contribution is 5.88. The molecule has 0 aromatic carbocycles. The second kappa shape index (κ2) is 10.8. The van der Waals surface area contributed by atoms with E-state index >= 15 is 0 Å². The molecule has 2 heterocycles. The molecule has 0 aliphatic heterocycles. The van der Waals surface area contributed by atoms with Crippen molar-refractivity contribution in [2.45, 2.75) is 64.9 Å². The smallest absolute Gasteiger partial charge is 0.458 e. The molecular weight excluding hydrogens is 504 g/mol. The zero-order valence-corrected chi connectivity index (χ0v) is 23.4. The van der Waals surface area contributed by atoms with E-state index < -0.39 is 12.1 Å². The molecule has 2 saturated carbocycles. The predicted octanol–water partition coefficient (Wildman–Crippen LogP) is 6.81. The molecule has 0 N–H and O–H groups in total. The monoisotopic (exact) mass is 542 g/mol. The van der Waals surface area contributed by atoms with Crippen molar-refractivity contribution in [3.63, 3.8) is 0 Å². The molecule has 0 amide bonds. The average Bonchev–Trinajstić information content (AvgIpc) is 3.33. The van der Waals surface area contributed by atoms with Gasteiger partial charge in [-0.05, 0) is 96.4 Å². The Balaban J connectivity index is 1.03. The molecule has 7 nitrogen and oxygen atoms in total. The van der Waals surface area contributed by atoms with E-state index in [1.807, 2.05) is 18.5 Å². The predicted molar refractivity (Wildman–Crippen MR) is 150 cm³/mol. The van der Waals surface area contributed by atoms with Gasteiger partial charge >= 0.3 is 12.1 Å². The van der Waals surface area contributed by atoms with E-state index in [9.17, 15) is 9.59 Å². The average molecular weight is 543 g/mol. The molecule has 0 saturated heterocycles. The summed E-state index contributed by atoms with van der Waals surface area (Å²) in [5.74, 6) is 1.50. The van der Waals surface area contributed by atoms with Crippen molar-refractivity contribution in [3.05, 3.63) is 77.9 Å². The molecule has 0 spiro atoms. The summed E-state index contributed by atoms with van der Waals surface area (Å²) in [6.45, 7) is 4.86. The second-order valence-electron chi connectivity index (χ2n) is 12.3. The van der Waals surface area contributed by atoms with Gasteiger partial charge in [0.15, 0.2) is 0 Å². The number of esters is 1. The van der Waals surface area contributed by atoms with Gasteiger partial charge in [-0.2, -0.15) is 0 Å². The van der Waals surface area contributed by atoms with Crippen LogP contribution in [0.15, 0.2) is 66.8 Å². The molecular formula is C33H38N2O5. The molecule has 6 atom stereocenters. The first-order valence-corrected chi connectivity index (χ1v) is 14.6. The first-order valence-electron chi connectivity index (χ1n) is 14.6. The summed E-state index contributed by atoms with van der Waals surface area (Å²) in [5.41, 5.74) is 4.95. The fourth-order valence-electron chi connectivity index (χ4n) is 8.26. The summed E-state index contributed by atoms with van der Waals surface area (Å²) in [7, 11) is 0. The lowest BCUT2D eigenvalue weighted by molar-refractivity contribution is -0.0379. The molecule has 2 aromatic heterocycles. The summed E-state index contributed by atoms with van der Waals surface area (Å²) >= 11 is 0. The van der Waals surface area contributed by atoms with Gasteiger partial charge in [-0.1, -0.05) is 37.6 Å². The van der Waals surface area contributed by atoms with Crippen molar-refractivity contribution in [2.24, 2.45) is 28.6 Å². The van der Waals surface area contributed by atoms with E-state index in [0.717, 1.165) is 32.1 Å². The van der Waals surface area contributed by atoms with Gasteiger partial charge in [-0.3, -0.25) is 9.97 Å². The first kappa shape index (κ1) is 26.7. The highest BCUT2D eigenvalue weighted by Crippen LogP contribution is 2.66. The summed E-state index contributed by atoms with van der Waals surface area (Å²) in [6.07, 6.45) is 18.3. The van der Waals surface area contributed by atoms with Crippen molar-refractivity contribution in [1.82, 2.24) is 9.97 Å². The van der Waals surface area contributed by atoms with Crippen molar-refractivity contribution in [3.8, 4) is 0 Å². The van der Waals surface area contributed by atoms with E-state index in [2.05, 4.69) is 42.0 Å². The lowest BCUT2D eigenvalue weighted by Crippen LogP contribution is -2.50. The summed E-state index contributed by atoms with van der Waals surface area (Å²) in [5, 5.41) is 0. The largest absolute Gasteiger partial charge is 0.508 e. The van der Waals surface area contributed by atoms with E-state index in [1.54, 1.807) is 18.3 Å². The quantitative estimate of drug-likeness (QED) is 0.225. The number of nitrogens with zero attached hydrogens (tertiary/aromatic N) is 2. The molecule has 40 heavy (non-hydrogen) atoms. The SMILES string of the molecule is C[C@]12CC[C@H](OC(=O)OCCOC(=O)c3cccnc3)CC1=CC[C@@H]1[C@@H]2CC[C@]2(C)C(c3cccnc3)=CC[C@@H]12. The summed E-state index contributed by atoms with van der Waals surface area (Å²) in [6, 6.07) is 7.54. The van der Waals surface area contributed by atoms with Crippen LogP contribution in [0.5, 0.6) is 0 Å². The number of ether oxygens (including phenoxy) is 3. The van der Waals surface area contributed by atoms with Crippen LogP contribution in [-0.2, 0) is 14.2 Å². The Morgan fingerprint density at radius 3 is 2.45 bits per heavy atom. The minimum atomic E-state index is -0.700. The minimum Gasteiger partial charge on any atom is -0.458 e. The van der Waals surface area contributed by atoms with Gasteiger partial charge in [0.25, 0.3) is 0 Å². The molecule has 6 rings (SSSR count). The number of rotatable bonds is 6. The maximum Gasteiger partial charge on any atom is 0.508 e. The maximum atomic E-state index is 12.4. The summed E-state index contributed by atoms with van der Waals surface area (Å²) < 4.78 is 16.0. The Hall–Kier alpha value is -3.48. The van der Waals surface area contributed by atoms with Crippen LogP contribution in [0.2, 0.25) is 0 Å². The Kier molecular flexibility index (Phi) is 7.24. The van der Waals surface area contributed by atoms with E-state index in [1.165, 1.54) is 35.7 Å². The maximum absolute atomic E-state index is 12.4. The molecule has 0 radical (unpaired) electrons. The molecule has 2 aromatic rings. The number of aromatic nitrogens is 2. The Morgan fingerprint density at radius 2 is 1.68 bits per heavy atom. The topological polar surface area (TPSA) is 87.6 Å². The molecule has 4 aliphatic rings. The van der Waals surface area contributed by atoms with Gasteiger partial charge in [-0.25, -0.2) is 9.59 Å². The van der Waals surface area contributed by atoms with Gasteiger partial charge in [0.05, 0.1) is 5.56 Å². The Morgan fingerprint density at radius 1 is 0.900 bits per heavy atom. The van der Waals surface area contributed by atoms with Gasteiger partial charge in [0.2, 0.25) is 0 Å². The van der Waals surface area contributed by atoms with Crippen LogP contribution in [0.3, 0.4) is 0 Å². The number of carbonyl (C=O) groups excluding carboxylic acids is 2. The Bertz CT molecular complexity index is 1310. The third kappa shape index (κ3) is 4.84. The number of hydrogen-bond acceptors (Lipinski definition) is 7. The van der Waals surface area contributed by atoms with Crippen LogP contribution in [0.25, 0.3) is 5.57 Å². The number of fused-ring (bicyclic) bond motifs is 5. The molecule has 0 bridgehead atoms. The molecule has 2 fully saturated rings. The fraction of sp³-hybridized carbons (Fsp3) is 0.515.